The Bertz CT molecular complexity index is 577. The zero-order valence-electron chi connectivity index (χ0n) is 10.1. The fraction of sp³-hybridized carbons (Fsp3) is 0.231. The number of hydrogen-bond donors (Lipinski definition) is 1. The van der Waals surface area contributed by atoms with Gasteiger partial charge >= 0.3 is 5.97 Å². The molecule has 94 valence electrons. The number of aromatic nitrogens is 1. The van der Waals surface area contributed by atoms with Crippen molar-refractivity contribution in [3.63, 3.8) is 0 Å². The first-order chi connectivity index (χ1) is 8.61. The van der Waals surface area contributed by atoms with Crippen LogP contribution in [0.3, 0.4) is 0 Å². The van der Waals surface area contributed by atoms with Crippen molar-refractivity contribution in [2.45, 2.75) is 13.8 Å². The van der Waals surface area contributed by atoms with E-state index in [-0.39, 0.29) is 4.88 Å². The van der Waals surface area contributed by atoms with E-state index in [4.69, 9.17) is 9.84 Å². The van der Waals surface area contributed by atoms with Crippen molar-refractivity contribution < 1.29 is 14.6 Å². The number of aromatic carboxylic acids is 1. The standard InChI is InChI=1S/C13H13NO3S/c1-3-17-10-6-4-5-9(7-10)12-14-8(2)11(18-12)13(15)16/h4-7H,3H2,1-2H3,(H,15,16). The van der Waals surface area contributed by atoms with Gasteiger partial charge in [0.1, 0.15) is 15.6 Å². The molecule has 0 bridgehead atoms. The molecule has 4 nitrogen and oxygen atoms in total. The minimum absolute atomic E-state index is 0.284. The lowest BCUT2D eigenvalue weighted by Gasteiger charge is -2.03. The normalized spacial score (nSPS) is 10.3. The molecule has 0 spiro atoms. The maximum Gasteiger partial charge on any atom is 0.347 e. The van der Waals surface area contributed by atoms with E-state index >= 15 is 0 Å². The van der Waals surface area contributed by atoms with Crippen LogP contribution in [0.2, 0.25) is 0 Å². The second kappa shape index (κ2) is 5.18. The first-order valence-electron chi connectivity index (χ1n) is 5.55. The van der Waals surface area contributed by atoms with Crippen LogP contribution >= 0.6 is 11.3 Å². The predicted molar refractivity (Wildman–Crippen MR) is 70.4 cm³/mol. The van der Waals surface area contributed by atoms with E-state index in [0.29, 0.717) is 17.3 Å². The zero-order chi connectivity index (χ0) is 13.1. The molecule has 5 heteroatoms. The van der Waals surface area contributed by atoms with Gasteiger partial charge in [0.25, 0.3) is 0 Å². The van der Waals surface area contributed by atoms with Crippen LogP contribution < -0.4 is 4.74 Å². The van der Waals surface area contributed by atoms with Crippen LogP contribution in [0.15, 0.2) is 24.3 Å². The number of ether oxygens (including phenoxy) is 1. The van der Waals surface area contributed by atoms with Gasteiger partial charge in [0.15, 0.2) is 0 Å². The second-order valence-electron chi connectivity index (χ2n) is 3.70. The summed E-state index contributed by atoms with van der Waals surface area (Å²) in [6.45, 7) is 4.22. The summed E-state index contributed by atoms with van der Waals surface area (Å²) in [4.78, 5) is 15.6. The quantitative estimate of drug-likeness (QED) is 0.920. The number of carbonyl (C=O) groups is 1. The molecule has 0 aliphatic carbocycles. The first kappa shape index (κ1) is 12.6. The molecule has 1 aromatic heterocycles. The highest BCUT2D eigenvalue weighted by Crippen LogP contribution is 2.30. The van der Waals surface area contributed by atoms with Crippen LogP contribution in [0.4, 0.5) is 0 Å². The van der Waals surface area contributed by atoms with Crippen molar-refractivity contribution in [1.29, 1.82) is 0 Å². The Morgan fingerprint density at radius 3 is 2.89 bits per heavy atom. The lowest BCUT2D eigenvalue weighted by Crippen LogP contribution is -1.94. The Hall–Kier alpha value is -1.88. The molecule has 0 saturated heterocycles. The number of thiazole rings is 1. The van der Waals surface area contributed by atoms with Crippen molar-refractivity contribution in [2.24, 2.45) is 0 Å². The largest absolute Gasteiger partial charge is 0.494 e. The van der Waals surface area contributed by atoms with Crippen LogP contribution in [0, 0.1) is 6.92 Å². The third kappa shape index (κ3) is 2.51. The van der Waals surface area contributed by atoms with Crippen LogP contribution in [0.1, 0.15) is 22.3 Å². The summed E-state index contributed by atoms with van der Waals surface area (Å²) >= 11 is 1.18. The molecule has 1 aromatic carbocycles. The molecule has 0 unspecified atom stereocenters. The van der Waals surface area contributed by atoms with Crippen molar-refractivity contribution in [2.75, 3.05) is 6.61 Å². The summed E-state index contributed by atoms with van der Waals surface area (Å²) in [5.74, 6) is -0.169. The Morgan fingerprint density at radius 1 is 1.50 bits per heavy atom. The SMILES string of the molecule is CCOc1cccc(-c2nc(C)c(C(=O)O)s2)c1. The Balaban J connectivity index is 2.39. The lowest BCUT2D eigenvalue weighted by molar-refractivity contribution is 0.0701. The number of rotatable bonds is 4. The van der Waals surface area contributed by atoms with Gasteiger partial charge in [-0.3, -0.25) is 0 Å². The van der Waals surface area contributed by atoms with Gasteiger partial charge in [-0.15, -0.1) is 11.3 Å². The lowest BCUT2D eigenvalue weighted by atomic mass is 10.2. The fourth-order valence-corrected chi connectivity index (χ4v) is 2.51. The third-order valence-electron chi connectivity index (χ3n) is 2.38. The highest BCUT2D eigenvalue weighted by molar-refractivity contribution is 7.17. The molecule has 18 heavy (non-hydrogen) atoms. The fourth-order valence-electron chi connectivity index (χ4n) is 1.60. The van der Waals surface area contributed by atoms with Gasteiger partial charge in [-0.25, -0.2) is 9.78 Å². The number of carboxylic acids is 1. The molecule has 0 aliphatic rings. The van der Waals surface area contributed by atoms with Crippen molar-refractivity contribution in [1.82, 2.24) is 4.98 Å². The van der Waals surface area contributed by atoms with E-state index in [0.717, 1.165) is 11.3 Å². The van der Waals surface area contributed by atoms with Crippen LogP contribution in [0.25, 0.3) is 10.6 Å². The van der Waals surface area contributed by atoms with Gasteiger partial charge in [0.2, 0.25) is 0 Å². The van der Waals surface area contributed by atoms with Crippen molar-refractivity contribution >= 4 is 17.3 Å². The molecule has 2 rings (SSSR count). The van der Waals surface area contributed by atoms with Gasteiger partial charge in [0.05, 0.1) is 12.3 Å². The Kier molecular flexibility index (Phi) is 3.62. The summed E-state index contributed by atoms with van der Waals surface area (Å²) < 4.78 is 5.41. The molecule has 2 aromatic rings. The number of aryl methyl sites for hydroxylation is 1. The van der Waals surface area contributed by atoms with E-state index in [1.54, 1.807) is 6.92 Å². The molecular weight excluding hydrogens is 250 g/mol. The number of carboxylic acid groups (broad SMARTS) is 1. The average Bonchev–Trinajstić information content (AvgIpc) is 2.72. The number of hydrogen-bond acceptors (Lipinski definition) is 4. The molecule has 0 atom stereocenters. The average molecular weight is 263 g/mol. The molecular formula is C13H13NO3S. The molecule has 0 amide bonds. The minimum Gasteiger partial charge on any atom is -0.494 e. The van der Waals surface area contributed by atoms with Crippen LogP contribution in [-0.2, 0) is 0 Å². The van der Waals surface area contributed by atoms with Gasteiger partial charge in [0, 0.05) is 5.56 Å². The monoisotopic (exact) mass is 263 g/mol. The van der Waals surface area contributed by atoms with Crippen molar-refractivity contribution in [3.8, 4) is 16.3 Å². The molecule has 0 aliphatic heterocycles. The smallest absolute Gasteiger partial charge is 0.347 e. The summed E-state index contributed by atoms with van der Waals surface area (Å²) in [5.41, 5.74) is 1.42. The van der Waals surface area contributed by atoms with E-state index in [9.17, 15) is 4.79 Å². The maximum atomic E-state index is 11.0. The molecule has 0 radical (unpaired) electrons. The van der Waals surface area contributed by atoms with E-state index < -0.39 is 5.97 Å². The van der Waals surface area contributed by atoms with E-state index in [2.05, 4.69) is 4.98 Å². The summed E-state index contributed by atoms with van der Waals surface area (Å²) in [7, 11) is 0. The molecule has 0 fully saturated rings. The summed E-state index contributed by atoms with van der Waals surface area (Å²) in [5, 5.41) is 9.71. The van der Waals surface area contributed by atoms with Gasteiger partial charge in [-0.1, -0.05) is 12.1 Å². The first-order valence-corrected chi connectivity index (χ1v) is 6.37. The van der Waals surface area contributed by atoms with Crippen LogP contribution in [0.5, 0.6) is 5.75 Å². The van der Waals surface area contributed by atoms with E-state index in [1.165, 1.54) is 11.3 Å². The van der Waals surface area contributed by atoms with Crippen molar-refractivity contribution in [3.05, 3.63) is 34.8 Å². The highest BCUT2D eigenvalue weighted by atomic mass is 32.1. The predicted octanol–water partition coefficient (Wildman–Crippen LogP) is 3.22. The van der Waals surface area contributed by atoms with Crippen LogP contribution in [-0.4, -0.2) is 22.7 Å². The molecule has 0 saturated carbocycles. The Labute approximate surface area is 109 Å². The van der Waals surface area contributed by atoms with Gasteiger partial charge < -0.3 is 9.84 Å². The molecule has 1 N–H and O–H groups in total. The highest BCUT2D eigenvalue weighted by Gasteiger charge is 2.15. The second-order valence-corrected chi connectivity index (χ2v) is 4.70. The van der Waals surface area contributed by atoms with Gasteiger partial charge in [-0.05, 0) is 26.0 Å². The Morgan fingerprint density at radius 2 is 2.28 bits per heavy atom. The van der Waals surface area contributed by atoms with Gasteiger partial charge in [-0.2, -0.15) is 0 Å². The number of benzene rings is 1. The number of nitrogens with zero attached hydrogens (tertiary/aromatic N) is 1. The zero-order valence-corrected chi connectivity index (χ0v) is 11.0. The maximum absolute atomic E-state index is 11.0. The third-order valence-corrected chi connectivity index (χ3v) is 3.58. The summed E-state index contributed by atoms with van der Waals surface area (Å²) in [6.07, 6.45) is 0. The summed E-state index contributed by atoms with van der Waals surface area (Å²) in [6, 6.07) is 7.50. The minimum atomic E-state index is -0.933. The molecule has 1 heterocycles. The topological polar surface area (TPSA) is 59.4 Å². The van der Waals surface area contributed by atoms with E-state index in [1.807, 2.05) is 31.2 Å².